The molecule has 0 aliphatic carbocycles. The second-order valence-corrected chi connectivity index (χ2v) is 7.43. The van der Waals surface area contributed by atoms with Crippen molar-refractivity contribution >= 4 is 17.3 Å². The lowest BCUT2D eigenvalue weighted by atomic mass is 9.94. The number of nitrogens with zero attached hydrogens (tertiary/aromatic N) is 1. The summed E-state index contributed by atoms with van der Waals surface area (Å²) >= 11 is 0. The number of carbonyl (C=O) groups is 1. The molecule has 2 N–H and O–H groups in total. The van der Waals surface area contributed by atoms with E-state index < -0.39 is 22.5 Å². The van der Waals surface area contributed by atoms with E-state index in [0.29, 0.717) is 24.7 Å². The number of fused-ring (bicyclic) bond motifs is 1. The van der Waals surface area contributed by atoms with Gasteiger partial charge in [-0.15, -0.1) is 0 Å². The fourth-order valence-corrected chi connectivity index (χ4v) is 3.25. The Labute approximate surface area is 173 Å². The molecule has 0 radical (unpaired) electrons. The highest BCUT2D eigenvalue weighted by Crippen LogP contribution is 2.34. The number of nitrogens with one attached hydrogen (secondary N) is 2. The third kappa shape index (κ3) is 4.85. The number of carbonyl (C=O) groups excluding carboxylic acids is 1. The fraction of sp³-hybridized carbons (Fsp3) is 0.381. The number of rotatable bonds is 7. The predicted octanol–water partition coefficient (Wildman–Crippen LogP) is 3.82. The summed E-state index contributed by atoms with van der Waals surface area (Å²) in [5.41, 5.74) is 0.415. The number of hydrogen-bond acceptors (Lipinski definition) is 6. The van der Waals surface area contributed by atoms with Gasteiger partial charge in [0.25, 0.3) is 0 Å². The van der Waals surface area contributed by atoms with Crippen molar-refractivity contribution in [1.29, 1.82) is 0 Å². The predicted molar refractivity (Wildman–Crippen MR) is 109 cm³/mol. The maximum Gasteiger partial charge on any atom is 0.306 e. The SMILES string of the molecule is CC(NC(c1ccc2c(c1)OCCO2)C(C)C)C(=O)Nc1ccc(F)c([N+](=O)[O-])c1. The summed E-state index contributed by atoms with van der Waals surface area (Å²) in [6.45, 7) is 6.75. The maximum absolute atomic E-state index is 13.5. The quantitative estimate of drug-likeness (QED) is 0.524. The molecule has 2 unspecified atom stereocenters. The van der Waals surface area contributed by atoms with Gasteiger partial charge in [-0.25, -0.2) is 0 Å². The van der Waals surface area contributed by atoms with Crippen molar-refractivity contribution in [2.75, 3.05) is 18.5 Å². The lowest BCUT2D eigenvalue weighted by molar-refractivity contribution is -0.387. The number of nitro groups is 1. The molecule has 3 rings (SSSR count). The number of anilines is 1. The van der Waals surface area contributed by atoms with Crippen LogP contribution in [0.15, 0.2) is 36.4 Å². The molecule has 1 heterocycles. The van der Waals surface area contributed by atoms with Crippen molar-refractivity contribution in [3.63, 3.8) is 0 Å². The van der Waals surface area contributed by atoms with Crippen molar-refractivity contribution < 1.29 is 23.6 Å². The molecular weight excluding hydrogens is 393 g/mol. The van der Waals surface area contributed by atoms with E-state index in [0.717, 1.165) is 17.7 Å². The van der Waals surface area contributed by atoms with Gasteiger partial charge in [-0.2, -0.15) is 4.39 Å². The van der Waals surface area contributed by atoms with Crippen molar-refractivity contribution in [3.05, 3.63) is 57.9 Å². The van der Waals surface area contributed by atoms with Gasteiger partial charge < -0.3 is 14.8 Å². The second-order valence-electron chi connectivity index (χ2n) is 7.43. The molecule has 1 aliphatic heterocycles. The molecule has 2 aromatic carbocycles. The highest BCUT2D eigenvalue weighted by molar-refractivity contribution is 5.94. The van der Waals surface area contributed by atoms with Gasteiger partial charge in [0.15, 0.2) is 11.5 Å². The molecule has 160 valence electrons. The van der Waals surface area contributed by atoms with Crippen LogP contribution in [0.4, 0.5) is 15.8 Å². The van der Waals surface area contributed by atoms with E-state index in [1.807, 2.05) is 32.0 Å². The first kappa shape index (κ1) is 21.5. The highest BCUT2D eigenvalue weighted by Gasteiger charge is 2.24. The van der Waals surface area contributed by atoms with Crippen LogP contribution in [0.1, 0.15) is 32.4 Å². The van der Waals surface area contributed by atoms with Crippen molar-refractivity contribution in [2.45, 2.75) is 32.9 Å². The van der Waals surface area contributed by atoms with E-state index in [2.05, 4.69) is 10.6 Å². The van der Waals surface area contributed by atoms with Gasteiger partial charge in [0.2, 0.25) is 11.7 Å². The summed E-state index contributed by atoms with van der Waals surface area (Å²) in [5.74, 6) is 0.176. The van der Waals surface area contributed by atoms with Gasteiger partial charge in [-0.05, 0) is 42.7 Å². The Morgan fingerprint density at radius 2 is 1.80 bits per heavy atom. The van der Waals surface area contributed by atoms with Gasteiger partial charge in [0.05, 0.1) is 11.0 Å². The zero-order valence-electron chi connectivity index (χ0n) is 17.0. The average molecular weight is 417 g/mol. The Morgan fingerprint density at radius 1 is 1.10 bits per heavy atom. The number of benzene rings is 2. The van der Waals surface area contributed by atoms with Crippen LogP contribution < -0.4 is 20.1 Å². The summed E-state index contributed by atoms with van der Waals surface area (Å²) in [6.07, 6.45) is 0. The maximum atomic E-state index is 13.5. The Balaban J connectivity index is 1.72. The van der Waals surface area contributed by atoms with Crippen LogP contribution in [0, 0.1) is 21.8 Å². The zero-order chi connectivity index (χ0) is 21.8. The zero-order valence-corrected chi connectivity index (χ0v) is 17.0. The number of hydrogen-bond donors (Lipinski definition) is 2. The Hall–Kier alpha value is -3.20. The number of halogens is 1. The number of nitro benzene ring substituents is 1. The molecule has 9 heteroatoms. The topological polar surface area (TPSA) is 103 Å². The molecule has 0 bridgehead atoms. The summed E-state index contributed by atoms with van der Waals surface area (Å²) in [4.78, 5) is 22.7. The van der Waals surface area contributed by atoms with Gasteiger partial charge in [-0.3, -0.25) is 20.2 Å². The van der Waals surface area contributed by atoms with Crippen LogP contribution in [0.5, 0.6) is 11.5 Å². The van der Waals surface area contributed by atoms with Gasteiger partial charge in [-0.1, -0.05) is 19.9 Å². The first-order chi connectivity index (χ1) is 14.3. The van der Waals surface area contributed by atoms with Gasteiger partial charge in [0.1, 0.15) is 13.2 Å². The normalized spacial score (nSPS) is 14.8. The molecule has 8 nitrogen and oxygen atoms in total. The minimum absolute atomic E-state index is 0.149. The Bertz CT molecular complexity index is 950. The van der Waals surface area contributed by atoms with Crippen LogP contribution in [-0.4, -0.2) is 30.1 Å². The highest BCUT2D eigenvalue weighted by atomic mass is 19.1. The minimum atomic E-state index is -0.956. The van der Waals surface area contributed by atoms with Crippen LogP contribution in [0.3, 0.4) is 0 Å². The first-order valence-electron chi connectivity index (χ1n) is 9.66. The summed E-state index contributed by atoms with van der Waals surface area (Å²) in [5, 5.41) is 16.8. The molecule has 2 atom stereocenters. The molecule has 0 saturated heterocycles. The molecule has 0 aromatic heterocycles. The van der Waals surface area contributed by atoms with E-state index in [-0.39, 0.29) is 23.6 Å². The largest absolute Gasteiger partial charge is 0.486 e. The van der Waals surface area contributed by atoms with Gasteiger partial charge in [0, 0.05) is 17.8 Å². The van der Waals surface area contributed by atoms with E-state index in [1.54, 1.807) is 6.92 Å². The third-order valence-electron chi connectivity index (χ3n) is 4.83. The molecular formula is C21H24FN3O5. The first-order valence-corrected chi connectivity index (χ1v) is 9.66. The van der Waals surface area contributed by atoms with Crippen molar-refractivity contribution in [2.24, 2.45) is 5.92 Å². The van der Waals surface area contributed by atoms with E-state index >= 15 is 0 Å². The molecule has 1 amide bonds. The number of ether oxygens (including phenoxy) is 2. The third-order valence-corrected chi connectivity index (χ3v) is 4.83. The van der Waals surface area contributed by atoms with E-state index in [1.165, 1.54) is 6.07 Å². The number of amides is 1. The monoisotopic (exact) mass is 417 g/mol. The molecule has 0 fully saturated rings. The fourth-order valence-electron chi connectivity index (χ4n) is 3.25. The van der Waals surface area contributed by atoms with E-state index in [9.17, 15) is 19.3 Å². The van der Waals surface area contributed by atoms with Crippen molar-refractivity contribution in [3.8, 4) is 11.5 Å². The Kier molecular flexibility index (Phi) is 6.51. The van der Waals surface area contributed by atoms with E-state index in [4.69, 9.17) is 9.47 Å². The van der Waals surface area contributed by atoms with Crippen LogP contribution in [0.25, 0.3) is 0 Å². The second kappa shape index (κ2) is 9.08. The lowest BCUT2D eigenvalue weighted by Crippen LogP contribution is -2.41. The molecule has 0 spiro atoms. The van der Waals surface area contributed by atoms with Crippen molar-refractivity contribution in [1.82, 2.24) is 5.32 Å². The summed E-state index contributed by atoms with van der Waals surface area (Å²) < 4.78 is 24.7. The van der Waals surface area contributed by atoms with Crippen LogP contribution >= 0.6 is 0 Å². The van der Waals surface area contributed by atoms with Crippen LogP contribution in [-0.2, 0) is 4.79 Å². The average Bonchev–Trinajstić information content (AvgIpc) is 2.72. The smallest absolute Gasteiger partial charge is 0.306 e. The summed E-state index contributed by atoms with van der Waals surface area (Å²) in [7, 11) is 0. The lowest BCUT2D eigenvalue weighted by Gasteiger charge is -2.28. The Morgan fingerprint density at radius 3 is 2.47 bits per heavy atom. The minimum Gasteiger partial charge on any atom is -0.486 e. The van der Waals surface area contributed by atoms with Gasteiger partial charge >= 0.3 is 5.69 Å². The standard InChI is InChI=1S/C21H24FN3O5/c1-12(2)20(14-4-7-18-19(10-14)30-9-8-29-18)23-13(3)21(26)24-15-5-6-16(22)17(11-15)25(27)28/h4-7,10-13,20,23H,8-9H2,1-3H3,(H,24,26). The molecule has 2 aromatic rings. The van der Waals surface area contributed by atoms with Crippen LogP contribution in [0.2, 0.25) is 0 Å². The summed E-state index contributed by atoms with van der Waals surface area (Å²) in [6, 6.07) is 8.16. The molecule has 30 heavy (non-hydrogen) atoms. The molecule has 1 aliphatic rings. The molecule has 0 saturated carbocycles.